The summed E-state index contributed by atoms with van der Waals surface area (Å²) in [6, 6.07) is 0. The lowest BCUT2D eigenvalue weighted by Gasteiger charge is -2.19. The first-order valence-electron chi connectivity index (χ1n) is 5.40. The molecular weight excluding hydrogens is 172 g/mol. The lowest BCUT2D eigenvalue weighted by atomic mass is 10.1. The minimum absolute atomic E-state index is 0.000328. The minimum Gasteiger partial charge on any atom is -0.376 e. The molecule has 0 aliphatic rings. The molecule has 0 rings (SSSR count). The first-order chi connectivity index (χ1) is 6.45. The molecule has 0 aromatic rings. The van der Waals surface area contributed by atoms with Crippen molar-refractivity contribution in [3.8, 4) is 0 Å². The maximum Gasteiger partial charge on any atom is 0.0598 e. The summed E-state index contributed by atoms with van der Waals surface area (Å²) in [7, 11) is 0. The van der Waals surface area contributed by atoms with Crippen LogP contribution < -0.4 is 0 Å². The molecule has 82 valence electrons. The largest absolute Gasteiger partial charge is 0.376 e. The molecule has 14 heavy (non-hydrogen) atoms. The molecular formula is C13H24O. The Morgan fingerprint density at radius 1 is 1.29 bits per heavy atom. The predicted molar refractivity (Wildman–Crippen MR) is 63.5 cm³/mol. The van der Waals surface area contributed by atoms with Crippen molar-refractivity contribution in [2.45, 2.75) is 52.6 Å². The summed E-state index contributed by atoms with van der Waals surface area (Å²) in [6.45, 7) is 13.1. The molecule has 1 nitrogen and oxygen atoms in total. The lowest BCUT2D eigenvalue weighted by molar-refractivity contribution is -0.00450. The molecule has 0 aliphatic heterocycles. The summed E-state index contributed by atoms with van der Waals surface area (Å²) in [5.41, 5.74) is 1.21. The second-order valence-electron chi connectivity index (χ2n) is 4.58. The zero-order valence-electron chi connectivity index (χ0n) is 10.1. The van der Waals surface area contributed by atoms with E-state index in [9.17, 15) is 0 Å². The van der Waals surface area contributed by atoms with Crippen molar-refractivity contribution in [3.63, 3.8) is 0 Å². The topological polar surface area (TPSA) is 9.23 Å². The summed E-state index contributed by atoms with van der Waals surface area (Å²) in [6.07, 6.45) is 7.48. The molecule has 0 heterocycles. The van der Waals surface area contributed by atoms with Crippen LogP contribution in [0, 0.1) is 0 Å². The minimum atomic E-state index is 0.000328. The van der Waals surface area contributed by atoms with Gasteiger partial charge in [0.25, 0.3) is 0 Å². The van der Waals surface area contributed by atoms with Crippen molar-refractivity contribution in [2.24, 2.45) is 0 Å². The highest BCUT2D eigenvalue weighted by molar-refractivity contribution is 5.12. The smallest absolute Gasteiger partial charge is 0.0598 e. The van der Waals surface area contributed by atoms with Gasteiger partial charge in [-0.1, -0.05) is 24.3 Å². The van der Waals surface area contributed by atoms with Gasteiger partial charge < -0.3 is 4.74 Å². The third-order valence-corrected chi connectivity index (χ3v) is 1.83. The van der Waals surface area contributed by atoms with E-state index in [0.717, 1.165) is 19.4 Å². The van der Waals surface area contributed by atoms with Crippen LogP contribution in [0.25, 0.3) is 0 Å². The van der Waals surface area contributed by atoms with Crippen molar-refractivity contribution in [2.75, 3.05) is 6.61 Å². The van der Waals surface area contributed by atoms with E-state index in [0.29, 0.717) is 0 Å². The average Bonchev–Trinajstić information content (AvgIpc) is 2.02. The Labute approximate surface area is 88.9 Å². The summed E-state index contributed by atoms with van der Waals surface area (Å²) in [5, 5.41) is 0. The average molecular weight is 196 g/mol. The van der Waals surface area contributed by atoms with Crippen LogP contribution in [-0.2, 0) is 4.74 Å². The Hall–Kier alpha value is -0.560. The number of ether oxygens (including phenoxy) is 1. The highest BCUT2D eigenvalue weighted by atomic mass is 16.5. The summed E-state index contributed by atoms with van der Waals surface area (Å²) in [4.78, 5) is 0. The lowest BCUT2D eigenvalue weighted by Crippen LogP contribution is -2.19. The van der Waals surface area contributed by atoms with E-state index in [4.69, 9.17) is 4.74 Å². The van der Waals surface area contributed by atoms with Gasteiger partial charge in [-0.05, 0) is 47.0 Å². The standard InChI is InChI=1S/C13H24O/c1-6-9-12(2)10-7-8-11-14-13(3,4)5/h6,9H,2,7-8,10-11H2,1,3-5H3. The van der Waals surface area contributed by atoms with E-state index in [-0.39, 0.29) is 5.60 Å². The molecule has 0 aromatic carbocycles. The van der Waals surface area contributed by atoms with Gasteiger partial charge in [0.2, 0.25) is 0 Å². The molecule has 1 heteroatoms. The molecule has 0 aliphatic carbocycles. The van der Waals surface area contributed by atoms with Gasteiger partial charge in [0.05, 0.1) is 5.60 Å². The monoisotopic (exact) mass is 196 g/mol. The SMILES string of the molecule is C=C(C=CC)CCCCOC(C)(C)C. The highest BCUT2D eigenvalue weighted by Crippen LogP contribution is 2.10. The second-order valence-corrected chi connectivity index (χ2v) is 4.58. The fourth-order valence-corrected chi connectivity index (χ4v) is 1.15. The fourth-order valence-electron chi connectivity index (χ4n) is 1.15. The number of hydrogen-bond acceptors (Lipinski definition) is 1. The molecule has 0 atom stereocenters. The van der Waals surface area contributed by atoms with Gasteiger partial charge in [0.1, 0.15) is 0 Å². The Morgan fingerprint density at radius 2 is 1.93 bits per heavy atom. The van der Waals surface area contributed by atoms with E-state index >= 15 is 0 Å². The van der Waals surface area contributed by atoms with Crippen molar-refractivity contribution >= 4 is 0 Å². The van der Waals surface area contributed by atoms with E-state index in [2.05, 4.69) is 33.4 Å². The predicted octanol–water partition coefficient (Wildman–Crippen LogP) is 4.10. The number of rotatable bonds is 6. The van der Waals surface area contributed by atoms with Gasteiger partial charge in [0.15, 0.2) is 0 Å². The molecule has 0 fully saturated rings. The van der Waals surface area contributed by atoms with Crippen LogP contribution in [-0.4, -0.2) is 12.2 Å². The van der Waals surface area contributed by atoms with E-state index < -0.39 is 0 Å². The van der Waals surface area contributed by atoms with Crippen LogP contribution in [0.4, 0.5) is 0 Å². The Morgan fingerprint density at radius 3 is 2.43 bits per heavy atom. The van der Waals surface area contributed by atoms with E-state index in [1.807, 2.05) is 13.0 Å². The molecule has 0 spiro atoms. The number of hydrogen-bond donors (Lipinski definition) is 0. The molecule has 0 bridgehead atoms. The van der Waals surface area contributed by atoms with Crippen LogP contribution in [0.15, 0.2) is 24.3 Å². The Kier molecular flexibility index (Phi) is 6.56. The third kappa shape index (κ3) is 9.53. The van der Waals surface area contributed by atoms with Crippen LogP contribution >= 0.6 is 0 Å². The van der Waals surface area contributed by atoms with Gasteiger partial charge in [-0.2, -0.15) is 0 Å². The summed E-state index contributed by atoms with van der Waals surface area (Å²) in [5.74, 6) is 0. The Bertz CT molecular complexity index is 184. The third-order valence-electron chi connectivity index (χ3n) is 1.83. The van der Waals surface area contributed by atoms with Gasteiger partial charge >= 0.3 is 0 Å². The molecule has 0 unspecified atom stereocenters. The maximum absolute atomic E-state index is 5.62. The van der Waals surface area contributed by atoms with Crippen molar-refractivity contribution < 1.29 is 4.74 Å². The highest BCUT2D eigenvalue weighted by Gasteiger charge is 2.08. The van der Waals surface area contributed by atoms with Crippen LogP contribution in [0.5, 0.6) is 0 Å². The molecule has 0 aromatic heterocycles. The van der Waals surface area contributed by atoms with Crippen LogP contribution in [0.1, 0.15) is 47.0 Å². The fraction of sp³-hybridized carbons (Fsp3) is 0.692. The van der Waals surface area contributed by atoms with Crippen LogP contribution in [0.3, 0.4) is 0 Å². The summed E-state index contributed by atoms with van der Waals surface area (Å²) < 4.78 is 5.62. The number of allylic oxidation sites excluding steroid dienone is 3. The molecule has 0 radical (unpaired) electrons. The quantitative estimate of drug-likeness (QED) is 0.459. The van der Waals surface area contributed by atoms with Gasteiger partial charge in [-0.3, -0.25) is 0 Å². The number of unbranched alkanes of at least 4 members (excludes halogenated alkanes) is 1. The van der Waals surface area contributed by atoms with E-state index in [1.54, 1.807) is 0 Å². The first-order valence-corrected chi connectivity index (χ1v) is 5.40. The molecule has 0 amide bonds. The van der Waals surface area contributed by atoms with Crippen molar-refractivity contribution in [1.82, 2.24) is 0 Å². The normalized spacial score (nSPS) is 12.3. The zero-order chi connectivity index (χ0) is 11.0. The van der Waals surface area contributed by atoms with Crippen molar-refractivity contribution in [3.05, 3.63) is 24.3 Å². The van der Waals surface area contributed by atoms with Gasteiger partial charge in [0, 0.05) is 6.61 Å². The zero-order valence-corrected chi connectivity index (χ0v) is 10.1. The molecule has 0 saturated heterocycles. The van der Waals surface area contributed by atoms with Crippen LogP contribution in [0.2, 0.25) is 0 Å². The maximum atomic E-state index is 5.62. The van der Waals surface area contributed by atoms with E-state index in [1.165, 1.54) is 12.0 Å². The molecule has 0 saturated carbocycles. The molecule has 0 N–H and O–H groups in total. The van der Waals surface area contributed by atoms with Gasteiger partial charge in [-0.25, -0.2) is 0 Å². The Balaban J connectivity index is 3.35. The first kappa shape index (κ1) is 13.4. The van der Waals surface area contributed by atoms with Gasteiger partial charge in [-0.15, -0.1) is 0 Å². The summed E-state index contributed by atoms with van der Waals surface area (Å²) >= 11 is 0. The van der Waals surface area contributed by atoms with Crippen molar-refractivity contribution in [1.29, 1.82) is 0 Å². The second kappa shape index (κ2) is 6.83.